The highest BCUT2D eigenvalue weighted by Gasteiger charge is 2.68. The molecular formula is C36H29BClFN2O8. The number of hydrogen-bond donors (Lipinski definition) is 3. The molecule has 2 aliphatic carbocycles. The Bertz CT molecular complexity index is 2070. The molecule has 0 aromatic heterocycles. The summed E-state index contributed by atoms with van der Waals surface area (Å²) >= 11 is 6.09. The van der Waals surface area contributed by atoms with Crippen LogP contribution >= 0.6 is 11.6 Å². The molecule has 3 aromatic carbocycles. The lowest BCUT2D eigenvalue weighted by Crippen LogP contribution is -2.51. The SMILES string of the molecule is C[C@@]12C(=O)N(c3ccc(F)c(Cl)c3)C(=O)[C@@H]1C[C@@H]1C(=CC[C@@H]3C(=O)N(c4cccc(B(O)O)c4)C(=O)[C@@H]31)[C@@H]2C1=COc2ccc(O)cc2C1. The van der Waals surface area contributed by atoms with Gasteiger partial charge in [0.05, 0.1) is 45.8 Å². The summed E-state index contributed by atoms with van der Waals surface area (Å²) in [4.78, 5) is 59.3. The predicted molar refractivity (Wildman–Crippen MR) is 176 cm³/mol. The smallest absolute Gasteiger partial charge is 0.488 e. The fourth-order valence-corrected chi connectivity index (χ4v) is 8.97. The normalized spacial score (nSPS) is 28.7. The van der Waals surface area contributed by atoms with Crippen LogP contribution in [0.2, 0.25) is 5.02 Å². The monoisotopic (exact) mass is 682 g/mol. The second-order valence-electron chi connectivity index (χ2n) is 13.5. The Morgan fingerprint density at radius 3 is 2.47 bits per heavy atom. The zero-order valence-corrected chi connectivity index (χ0v) is 26.8. The van der Waals surface area contributed by atoms with Crippen molar-refractivity contribution in [3.63, 3.8) is 0 Å². The number of fused-ring (bicyclic) bond motifs is 5. The van der Waals surface area contributed by atoms with Crippen molar-refractivity contribution in [2.45, 2.75) is 26.2 Å². The molecule has 6 atom stereocenters. The van der Waals surface area contributed by atoms with Gasteiger partial charge < -0.3 is 19.9 Å². The molecule has 5 aliphatic rings. The van der Waals surface area contributed by atoms with Crippen LogP contribution in [0.1, 0.15) is 25.3 Å². The molecule has 13 heteroatoms. The second-order valence-corrected chi connectivity index (χ2v) is 13.9. The number of phenols is 1. The van der Waals surface area contributed by atoms with E-state index in [0.29, 0.717) is 16.9 Å². The number of imide groups is 2. The zero-order valence-electron chi connectivity index (χ0n) is 26.0. The van der Waals surface area contributed by atoms with Gasteiger partial charge in [0.2, 0.25) is 23.6 Å². The number of phenolic OH excluding ortho intramolecular Hbond substituents is 1. The number of benzene rings is 3. The maximum Gasteiger partial charge on any atom is 0.488 e. The van der Waals surface area contributed by atoms with Gasteiger partial charge in [0, 0.05) is 17.9 Å². The molecule has 2 saturated heterocycles. The first-order chi connectivity index (χ1) is 23.4. The van der Waals surface area contributed by atoms with Gasteiger partial charge in [0.1, 0.15) is 17.3 Å². The fraction of sp³-hybridized carbons (Fsp3) is 0.278. The summed E-state index contributed by atoms with van der Waals surface area (Å²) in [5, 5.41) is 29.5. The van der Waals surface area contributed by atoms with E-state index in [1.807, 2.05) is 6.08 Å². The van der Waals surface area contributed by atoms with Gasteiger partial charge in [0.15, 0.2) is 0 Å². The fourth-order valence-electron chi connectivity index (χ4n) is 8.79. The quantitative estimate of drug-likeness (QED) is 0.215. The van der Waals surface area contributed by atoms with E-state index in [9.17, 15) is 38.7 Å². The van der Waals surface area contributed by atoms with Crippen LogP contribution in [-0.2, 0) is 25.6 Å². The minimum absolute atomic E-state index is 0.0355. The highest BCUT2D eigenvalue weighted by atomic mass is 35.5. The van der Waals surface area contributed by atoms with Crippen molar-refractivity contribution in [1.29, 1.82) is 0 Å². The van der Waals surface area contributed by atoms with Crippen molar-refractivity contribution in [3.05, 3.63) is 101 Å². The third kappa shape index (κ3) is 4.54. The maximum absolute atomic E-state index is 14.6. The van der Waals surface area contributed by atoms with Crippen LogP contribution in [0, 0.1) is 40.8 Å². The van der Waals surface area contributed by atoms with Gasteiger partial charge in [-0.25, -0.2) is 9.29 Å². The van der Waals surface area contributed by atoms with Crippen LogP contribution in [0.25, 0.3) is 0 Å². The van der Waals surface area contributed by atoms with E-state index in [1.165, 1.54) is 36.4 Å². The van der Waals surface area contributed by atoms with Crippen LogP contribution in [0.3, 0.4) is 0 Å². The number of nitrogens with zero attached hydrogens (tertiary/aromatic N) is 2. The van der Waals surface area contributed by atoms with Gasteiger partial charge in [-0.15, -0.1) is 0 Å². The number of aromatic hydroxyl groups is 1. The lowest BCUT2D eigenvalue weighted by molar-refractivity contribution is -0.132. The average molecular weight is 683 g/mol. The van der Waals surface area contributed by atoms with Crippen LogP contribution in [0.4, 0.5) is 15.8 Å². The molecular weight excluding hydrogens is 654 g/mol. The molecule has 0 unspecified atom stereocenters. The number of anilines is 2. The van der Waals surface area contributed by atoms with Crippen molar-refractivity contribution < 1.29 is 43.5 Å². The van der Waals surface area contributed by atoms with Crippen molar-refractivity contribution in [2.24, 2.45) is 35.0 Å². The number of ether oxygens (including phenoxy) is 1. The second kappa shape index (κ2) is 11.1. The summed E-state index contributed by atoms with van der Waals surface area (Å²) in [6.07, 6.45) is 4.07. The van der Waals surface area contributed by atoms with Gasteiger partial charge >= 0.3 is 7.12 Å². The van der Waals surface area contributed by atoms with Crippen LogP contribution in [0.15, 0.2) is 84.1 Å². The number of allylic oxidation sites excluding steroid dienone is 3. The molecule has 3 fully saturated rings. The topological polar surface area (TPSA) is 145 Å². The highest BCUT2D eigenvalue weighted by Crippen LogP contribution is 2.63. The first-order valence-corrected chi connectivity index (χ1v) is 16.3. The Morgan fingerprint density at radius 2 is 1.71 bits per heavy atom. The number of carbonyl (C=O) groups is 4. The van der Waals surface area contributed by atoms with E-state index in [2.05, 4.69) is 0 Å². The van der Waals surface area contributed by atoms with Crippen molar-refractivity contribution >= 4 is 59.2 Å². The van der Waals surface area contributed by atoms with Crippen LogP contribution in [-0.4, -0.2) is 45.9 Å². The number of halogens is 2. The minimum Gasteiger partial charge on any atom is -0.508 e. The summed E-state index contributed by atoms with van der Waals surface area (Å²) in [6.45, 7) is 1.73. The average Bonchev–Trinajstić information content (AvgIpc) is 3.45. The van der Waals surface area contributed by atoms with E-state index in [4.69, 9.17) is 16.3 Å². The molecule has 248 valence electrons. The first kappa shape index (κ1) is 31.5. The van der Waals surface area contributed by atoms with E-state index < -0.39 is 71.6 Å². The summed E-state index contributed by atoms with van der Waals surface area (Å²) in [7, 11) is -1.80. The molecule has 3 heterocycles. The van der Waals surface area contributed by atoms with Gasteiger partial charge in [-0.2, -0.15) is 0 Å². The van der Waals surface area contributed by atoms with Gasteiger partial charge in [0.25, 0.3) is 0 Å². The lowest BCUT2D eigenvalue weighted by Gasteiger charge is -2.49. The standard InChI is InChI=1S/C36H29BClFN2O8/c1-36-26(33(44)41(35(36)46)21-5-9-28(39)27(38)14-21)15-25-23(31(36)18-11-17-12-22(42)6-10-29(17)49-16-18)7-8-24-30(25)34(45)40(32(24)43)20-4-2-3-19(13-20)37(47)48/h2-7,9-10,12-14,16,24-26,30-31,42,47-48H,8,11,15H2,1H3/t24-,25+,26-,30-,31-,36+/m0/s1. The molecule has 49 heavy (non-hydrogen) atoms. The number of hydrogen-bond acceptors (Lipinski definition) is 8. The summed E-state index contributed by atoms with van der Waals surface area (Å²) in [5.41, 5.74) is 1.19. The first-order valence-electron chi connectivity index (χ1n) is 15.9. The largest absolute Gasteiger partial charge is 0.508 e. The molecule has 4 amide bonds. The molecule has 10 nitrogen and oxygen atoms in total. The van der Waals surface area contributed by atoms with E-state index in [-0.39, 0.29) is 46.9 Å². The Balaban J connectivity index is 1.24. The summed E-state index contributed by atoms with van der Waals surface area (Å²) in [5.74, 6) is -5.89. The van der Waals surface area contributed by atoms with Crippen molar-refractivity contribution in [2.75, 3.05) is 9.80 Å². The van der Waals surface area contributed by atoms with Gasteiger partial charge in [-0.1, -0.05) is 35.4 Å². The molecule has 0 bridgehead atoms. The van der Waals surface area contributed by atoms with Crippen LogP contribution < -0.4 is 20.0 Å². The molecule has 1 saturated carbocycles. The molecule has 3 aliphatic heterocycles. The predicted octanol–water partition coefficient (Wildman–Crippen LogP) is 3.65. The zero-order chi connectivity index (χ0) is 34.5. The Labute approximate surface area is 285 Å². The molecule has 0 radical (unpaired) electrons. The third-order valence-corrected chi connectivity index (χ3v) is 11.3. The summed E-state index contributed by atoms with van der Waals surface area (Å²) < 4.78 is 20.2. The minimum atomic E-state index is -1.80. The lowest BCUT2D eigenvalue weighted by atomic mass is 9.51. The van der Waals surface area contributed by atoms with E-state index >= 15 is 0 Å². The van der Waals surface area contributed by atoms with Crippen molar-refractivity contribution in [1.82, 2.24) is 0 Å². The summed E-state index contributed by atoms with van der Waals surface area (Å²) in [6, 6.07) is 14.3. The Kier molecular flexibility index (Phi) is 7.15. The van der Waals surface area contributed by atoms with Gasteiger partial charge in [-0.05, 0) is 85.3 Å². The molecule has 8 rings (SSSR count). The molecule has 3 N–H and O–H groups in total. The van der Waals surface area contributed by atoms with Gasteiger partial charge in [-0.3, -0.25) is 24.1 Å². The molecule has 0 spiro atoms. The van der Waals surface area contributed by atoms with E-state index in [1.54, 1.807) is 31.4 Å². The number of rotatable bonds is 4. The Morgan fingerprint density at radius 1 is 0.939 bits per heavy atom. The number of carbonyl (C=O) groups excluding carboxylic acids is 4. The number of amides is 4. The van der Waals surface area contributed by atoms with E-state index in [0.717, 1.165) is 21.4 Å². The third-order valence-electron chi connectivity index (χ3n) is 11.0. The molecule has 3 aromatic rings. The maximum atomic E-state index is 14.6. The highest BCUT2D eigenvalue weighted by molar-refractivity contribution is 6.58. The Hall–Kier alpha value is -4.78. The van der Waals surface area contributed by atoms with Crippen LogP contribution in [0.5, 0.6) is 11.5 Å². The van der Waals surface area contributed by atoms with Crippen molar-refractivity contribution in [3.8, 4) is 11.5 Å².